The maximum Gasteiger partial charge on any atom is 0.192 e. The highest BCUT2D eigenvalue weighted by molar-refractivity contribution is 6.74. The second kappa shape index (κ2) is 5.31. The second-order valence-electron chi connectivity index (χ2n) is 6.21. The molecule has 0 fully saturated rings. The Hall–Kier alpha value is -0.0831. The van der Waals surface area contributed by atoms with E-state index in [1.165, 1.54) is 0 Å². The Balaban J connectivity index is 4.31. The molecule has 0 N–H and O–H groups in total. The summed E-state index contributed by atoms with van der Waals surface area (Å²) < 4.78 is 6.18. The van der Waals surface area contributed by atoms with Crippen LogP contribution in [0.2, 0.25) is 18.1 Å². The Labute approximate surface area is 97.0 Å². The number of rotatable bonds is 5. The molecule has 0 bridgehead atoms. The maximum absolute atomic E-state index is 6.18. The van der Waals surface area contributed by atoms with Crippen LogP contribution in [0.1, 0.15) is 34.6 Å². The third-order valence-electron chi connectivity index (χ3n) is 3.60. The van der Waals surface area contributed by atoms with Gasteiger partial charge in [-0.2, -0.15) is 0 Å². The summed E-state index contributed by atoms with van der Waals surface area (Å²) in [5.74, 6) is 1.10. The van der Waals surface area contributed by atoms with Gasteiger partial charge in [-0.15, -0.1) is 6.58 Å². The van der Waals surface area contributed by atoms with E-state index in [9.17, 15) is 0 Å². The minimum atomic E-state index is -1.58. The largest absolute Gasteiger partial charge is 0.416 e. The first kappa shape index (κ1) is 14.9. The van der Waals surface area contributed by atoms with Gasteiger partial charge in [0.25, 0.3) is 0 Å². The molecule has 0 aromatic rings. The van der Waals surface area contributed by atoms with Gasteiger partial charge in [0.05, 0.1) is 0 Å². The highest BCUT2D eigenvalue weighted by Crippen LogP contribution is 2.37. The molecule has 0 radical (unpaired) electrons. The van der Waals surface area contributed by atoms with Crippen molar-refractivity contribution < 1.29 is 4.43 Å². The molecular weight excluding hydrogens is 200 g/mol. The highest BCUT2D eigenvalue weighted by atomic mass is 28.4. The third kappa shape index (κ3) is 4.52. The van der Waals surface area contributed by atoms with E-state index in [2.05, 4.69) is 54.3 Å². The molecular formula is C13H28OSi. The molecule has 90 valence electrons. The van der Waals surface area contributed by atoms with Gasteiger partial charge in [0, 0.05) is 12.5 Å². The molecule has 2 heteroatoms. The van der Waals surface area contributed by atoms with Gasteiger partial charge in [-0.1, -0.05) is 40.7 Å². The predicted molar refractivity (Wildman–Crippen MR) is 71.7 cm³/mol. The molecule has 0 heterocycles. The van der Waals surface area contributed by atoms with Gasteiger partial charge in [0.2, 0.25) is 0 Å². The molecule has 1 unspecified atom stereocenters. The van der Waals surface area contributed by atoms with E-state index in [-0.39, 0.29) is 0 Å². The molecule has 1 nitrogen and oxygen atoms in total. The molecule has 0 aromatic heterocycles. The van der Waals surface area contributed by atoms with Crippen LogP contribution in [0.15, 0.2) is 12.7 Å². The van der Waals surface area contributed by atoms with Crippen molar-refractivity contribution in [3.05, 3.63) is 12.7 Å². The molecule has 15 heavy (non-hydrogen) atoms. The Morgan fingerprint density at radius 2 is 1.73 bits per heavy atom. The minimum Gasteiger partial charge on any atom is -0.416 e. The van der Waals surface area contributed by atoms with Crippen molar-refractivity contribution in [2.75, 3.05) is 6.61 Å². The van der Waals surface area contributed by atoms with Crippen molar-refractivity contribution in [3.63, 3.8) is 0 Å². The fourth-order valence-corrected chi connectivity index (χ4v) is 2.10. The van der Waals surface area contributed by atoms with Crippen molar-refractivity contribution in [2.45, 2.75) is 52.8 Å². The van der Waals surface area contributed by atoms with E-state index in [4.69, 9.17) is 4.43 Å². The van der Waals surface area contributed by atoms with Crippen LogP contribution in [-0.4, -0.2) is 14.9 Å². The van der Waals surface area contributed by atoms with Gasteiger partial charge in [0.1, 0.15) is 0 Å². The summed E-state index contributed by atoms with van der Waals surface area (Å²) in [5, 5.41) is 0.301. The topological polar surface area (TPSA) is 9.23 Å². The molecule has 1 atom stereocenters. The summed E-state index contributed by atoms with van der Waals surface area (Å²) in [6.45, 7) is 20.6. The molecule has 0 rings (SSSR count). The number of hydrogen-bond acceptors (Lipinski definition) is 1. The molecule has 0 aliphatic rings. The minimum absolute atomic E-state index is 0.301. The lowest BCUT2D eigenvalue weighted by Crippen LogP contribution is -2.42. The lowest BCUT2D eigenvalue weighted by Gasteiger charge is -2.37. The summed E-state index contributed by atoms with van der Waals surface area (Å²) in [5.41, 5.74) is 0. The molecule has 0 saturated heterocycles. The smallest absolute Gasteiger partial charge is 0.192 e. The quantitative estimate of drug-likeness (QED) is 0.498. The zero-order chi connectivity index (χ0) is 12.3. The summed E-state index contributed by atoms with van der Waals surface area (Å²) in [6.07, 6.45) is 2.03. The van der Waals surface area contributed by atoms with Gasteiger partial charge in [-0.25, -0.2) is 0 Å². The third-order valence-corrected chi connectivity index (χ3v) is 8.10. The van der Waals surface area contributed by atoms with Crippen molar-refractivity contribution in [1.29, 1.82) is 0 Å². The van der Waals surface area contributed by atoms with Crippen molar-refractivity contribution in [1.82, 2.24) is 0 Å². The fraction of sp³-hybridized carbons (Fsp3) is 0.846. The zero-order valence-electron chi connectivity index (χ0n) is 11.6. The van der Waals surface area contributed by atoms with Gasteiger partial charge in [-0.05, 0) is 24.1 Å². The van der Waals surface area contributed by atoms with Crippen molar-refractivity contribution in [2.24, 2.45) is 11.8 Å². The predicted octanol–water partition coefficient (Wildman–Crippen LogP) is 4.47. The highest BCUT2D eigenvalue weighted by Gasteiger charge is 2.37. The van der Waals surface area contributed by atoms with Crippen LogP contribution in [0.3, 0.4) is 0 Å². The van der Waals surface area contributed by atoms with E-state index in [1.807, 2.05) is 6.08 Å². The summed E-state index contributed by atoms with van der Waals surface area (Å²) >= 11 is 0. The van der Waals surface area contributed by atoms with E-state index in [0.717, 1.165) is 6.61 Å². The van der Waals surface area contributed by atoms with Crippen LogP contribution in [0.25, 0.3) is 0 Å². The molecule has 0 amide bonds. The van der Waals surface area contributed by atoms with Crippen LogP contribution in [0.4, 0.5) is 0 Å². The van der Waals surface area contributed by atoms with E-state index in [1.54, 1.807) is 0 Å². The van der Waals surface area contributed by atoms with Gasteiger partial charge >= 0.3 is 0 Å². The summed E-state index contributed by atoms with van der Waals surface area (Å²) in [4.78, 5) is 0. The number of hydrogen-bond donors (Lipinski definition) is 0. The standard InChI is InChI=1S/C13H28OSi/c1-9-12(11(2)3)10-14-15(7,8)13(4,5)6/h9,11-12H,1,10H2,2-8H3. The lowest BCUT2D eigenvalue weighted by atomic mass is 9.97. The first-order valence-electron chi connectivity index (χ1n) is 5.88. The first-order chi connectivity index (χ1) is 6.62. The van der Waals surface area contributed by atoms with Gasteiger partial charge < -0.3 is 4.43 Å². The molecule has 0 saturated carbocycles. The SMILES string of the molecule is C=CC(CO[Si](C)(C)C(C)(C)C)C(C)C. The van der Waals surface area contributed by atoms with Crippen LogP contribution < -0.4 is 0 Å². The van der Waals surface area contributed by atoms with Crippen LogP contribution in [0.5, 0.6) is 0 Å². The Bertz CT molecular complexity index is 201. The van der Waals surface area contributed by atoms with Crippen molar-refractivity contribution >= 4 is 8.32 Å². The van der Waals surface area contributed by atoms with Gasteiger partial charge in [-0.3, -0.25) is 0 Å². The average Bonchev–Trinajstić information content (AvgIpc) is 2.02. The molecule has 0 aliphatic carbocycles. The van der Waals surface area contributed by atoms with Gasteiger partial charge in [0.15, 0.2) is 8.32 Å². The molecule has 0 aromatic carbocycles. The van der Waals surface area contributed by atoms with Crippen LogP contribution in [0, 0.1) is 11.8 Å². The second-order valence-corrected chi connectivity index (χ2v) is 11.0. The van der Waals surface area contributed by atoms with E-state index < -0.39 is 8.32 Å². The van der Waals surface area contributed by atoms with Crippen LogP contribution in [-0.2, 0) is 4.43 Å². The summed E-state index contributed by atoms with van der Waals surface area (Å²) in [7, 11) is -1.58. The summed E-state index contributed by atoms with van der Waals surface area (Å²) in [6, 6.07) is 0. The maximum atomic E-state index is 6.18. The van der Waals surface area contributed by atoms with E-state index >= 15 is 0 Å². The molecule has 0 spiro atoms. The Morgan fingerprint density at radius 3 is 2.00 bits per heavy atom. The first-order valence-corrected chi connectivity index (χ1v) is 8.79. The Morgan fingerprint density at radius 1 is 1.27 bits per heavy atom. The fourth-order valence-electron chi connectivity index (χ4n) is 1.05. The zero-order valence-corrected chi connectivity index (χ0v) is 12.6. The molecule has 0 aliphatic heterocycles. The van der Waals surface area contributed by atoms with Crippen molar-refractivity contribution in [3.8, 4) is 0 Å². The lowest BCUT2D eigenvalue weighted by molar-refractivity contribution is 0.223. The van der Waals surface area contributed by atoms with Crippen LogP contribution >= 0.6 is 0 Å². The Kier molecular flexibility index (Phi) is 5.28. The monoisotopic (exact) mass is 228 g/mol. The van der Waals surface area contributed by atoms with E-state index in [0.29, 0.717) is 16.9 Å². The normalized spacial score (nSPS) is 15.5. The average molecular weight is 228 g/mol.